The Morgan fingerprint density at radius 3 is 2.57 bits per heavy atom. The number of carbonyl (C=O) groups is 1. The maximum Gasteiger partial charge on any atom is 0.235 e. The van der Waals surface area contributed by atoms with Gasteiger partial charge in [-0.3, -0.25) is 4.79 Å². The molecule has 1 amide bonds. The van der Waals surface area contributed by atoms with Crippen LogP contribution in [0.25, 0.3) is 0 Å². The standard InChI is InChI=1S/C20H21NO2/c22-19-20(11-5-2-6-12-20)17-13-16(9-10-18(17)21-19)23-14-15-7-3-1-4-8-15/h1,3-4,7-10,13H,2,5-6,11-12,14H2,(H,21,22). The number of amides is 1. The van der Waals surface area contributed by atoms with Crippen LogP contribution in [0.5, 0.6) is 5.75 Å². The van der Waals surface area contributed by atoms with E-state index in [0.717, 1.165) is 48.2 Å². The Hall–Kier alpha value is -2.29. The molecule has 2 aromatic carbocycles. The van der Waals surface area contributed by atoms with Crippen LogP contribution >= 0.6 is 0 Å². The minimum atomic E-state index is -0.320. The lowest BCUT2D eigenvalue weighted by molar-refractivity contribution is -0.121. The van der Waals surface area contributed by atoms with Crippen molar-refractivity contribution in [3.63, 3.8) is 0 Å². The molecule has 0 saturated heterocycles. The van der Waals surface area contributed by atoms with Crippen LogP contribution in [0.15, 0.2) is 48.5 Å². The van der Waals surface area contributed by atoms with Crippen molar-refractivity contribution in [1.29, 1.82) is 0 Å². The molecule has 1 spiro atoms. The average molecular weight is 307 g/mol. The summed E-state index contributed by atoms with van der Waals surface area (Å²) < 4.78 is 5.95. The Bertz CT molecular complexity index is 718. The molecule has 118 valence electrons. The van der Waals surface area contributed by atoms with Gasteiger partial charge in [0.1, 0.15) is 12.4 Å². The quantitative estimate of drug-likeness (QED) is 0.911. The Morgan fingerprint density at radius 1 is 1.00 bits per heavy atom. The van der Waals surface area contributed by atoms with E-state index in [2.05, 4.69) is 23.5 Å². The smallest absolute Gasteiger partial charge is 0.235 e. The molecule has 2 aromatic rings. The fraction of sp³-hybridized carbons (Fsp3) is 0.350. The summed E-state index contributed by atoms with van der Waals surface area (Å²) in [4.78, 5) is 12.5. The van der Waals surface area contributed by atoms with Crippen molar-refractivity contribution in [2.75, 3.05) is 5.32 Å². The van der Waals surface area contributed by atoms with E-state index in [1.165, 1.54) is 6.42 Å². The van der Waals surface area contributed by atoms with Crippen LogP contribution in [0.2, 0.25) is 0 Å². The van der Waals surface area contributed by atoms with E-state index in [9.17, 15) is 4.79 Å². The zero-order valence-corrected chi connectivity index (χ0v) is 13.2. The van der Waals surface area contributed by atoms with Gasteiger partial charge in [-0.2, -0.15) is 0 Å². The predicted octanol–water partition coefficient (Wildman–Crippen LogP) is 4.42. The number of hydrogen-bond acceptors (Lipinski definition) is 2. The molecule has 0 atom stereocenters. The molecule has 0 unspecified atom stereocenters. The summed E-state index contributed by atoms with van der Waals surface area (Å²) in [6.45, 7) is 0.550. The molecule has 0 aromatic heterocycles. The maximum absolute atomic E-state index is 12.5. The summed E-state index contributed by atoms with van der Waals surface area (Å²) in [6.07, 6.45) is 5.39. The van der Waals surface area contributed by atoms with Crippen molar-refractivity contribution < 1.29 is 9.53 Å². The van der Waals surface area contributed by atoms with Gasteiger partial charge in [0, 0.05) is 5.69 Å². The SMILES string of the molecule is O=C1Nc2ccc(OCc3ccccc3)cc2C12CCCCC2. The number of ether oxygens (including phenoxy) is 1. The van der Waals surface area contributed by atoms with Crippen molar-refractivity contribution in [1.82, 2.24) is 0 Å². The van der Waals surface area contributed by atoms with E-state index in [1.807, 2.05) is 30.3 Å². The minimum absolute atomic E-state index is 0.174. The Balaban J connectivity index is 1.59. The second kappa shape index (κ2) is 5.73. The topological polar surface area (TPSA) is 38.3 Å². The second-order valence-corrected chi connectivity index (χ2v) is 6.58. The first-order valence-corrected chi connectivity index (χ1v) is 8.41. The second-order valence-electron chi connectivity index (χ2n) is 6.58. The number of rotatable bonds is 3. The monoisotopic (exact) mass is 307 g/mol. The van der Waals surface area contributed by atoms with Crippen LogP contribution in [-0.4, -0.2) is 5.91 Å². The molecule has 1 aliphatic carbocycles. The van der Waals surface area contributed by atoms with Crippen molar-refractivity contribution in [3.8, 4) is 5.75 Å². The Kier molecular flexibility index (Phi) is 3.56. The first kappa shape index (κ1) is 14.3. The van der Waals surface area contributed by atoms with E-state index < -0.39 is 0 Å². The van der Waals surface area contributed by atoms with Crippen molar-refractivity contribution in [3.05, 3.63) is 59.7 Å². The van der Waals surface area contributed by atoms with Gasteiger partial charge in [-0.15, -0.1) is 0 Å². The summed E-state index contributed by atoms with van der Waals surface area (Å²) in [7, 11) is 0. The van der Waals surface area contributed by atoms with Gasteiger partial charge >= 0.3 is 0 Å². The van der Waals surface area contributed by atoms with Gasteiger partial charge in [0.2, 0.25) is 5.91 Å². The highest BCUT2D eigenvalue weighted by Crippen LogP contribution is 2.48. The van der Waals surface area contributed by atoms with Crippen LogP contribution in [0.4, 0.5) is 5.69 Å². The number of anilines is 1. The van der Waals surface area contributed by atoms with Crippen molar-refractivity contribution in [2.24, 2.45) is 0 Å². The summed E-state index contributed by atoms with van der Waals surface area (Å²) in [5, 5.41) is 3.06. The summed E-state index contributed by atoms with van der Waals surface area (Å²) >= 11 is 0. The average Bonchev–Trinajstić information content (AvgIpc) is 2.86. The van der Waals surface area contributed by atoms with E-state index in [1.54, 1.807) is 0 Å². The molecule has 4 rings (SSSR count). The Morgan fingerprint density at radius 2 is 1.78 bits per heavy atom. The highest BCUT2D eigenvalue weighted by atomic mass is 16.5. The molecule has 1 saturated carbocycles. The molecule has 3 heteroatoms. The lowest BCUT2D eigenvalue weighted by Crippen LogP contribution is -2.36. The zero-order valence-electron chi connectivity index (χ0n) is 13.2. The largest absolute Gasteiger partial charge is 0.489 e. The molecule has 1 heterocycles. The third kappa shape index (κ3) is 2.50. The molecule has 0 bridgehead atoms. The lowest BCUT2D eigenvalue weighted by atomic mass is 9.70. The van der Waals surface area contributed by atoms with Gasteiger partial charge in [-0.05, 0) is 42.2 Å². The highest BCUT2D eigenvalue weighted by Gasteiger charge is 2.47. The fourth-order valence-electron chi connectivity index (χ4n) is 3.87. The molecular weight excluding hydrogens is 286 g/mol. The molecule has 1 aliphatic heterocycles. The van der Waals surface area contributed by atoms with Crippen LogP contribution < -0.4 is 10.1 Å². The summed E-state index contributed by atoms with van der Waals surface area (Å²) in [5.74, 6) is 1.02. The lowest BCUT2D eigenvalue weighted by Gasteiger charge is -2.31. The predicted molar refractivity (Wildman–Crippen MR) is 90.6 cm³/mol. The number of nitrogens with one attached hydrogen (secondary N) is 1. The zero-order chi connectivity index (χ0) is 15.7. The molecule has 1 fully saturated rings. The van der Waals surface area contributed by atoms with Crippen LogP contribution in [0.1, 0.15) is 43.2 Å². The molecule has 3 nitrogen and oxygen atoms in total. The maximum atomic E-state index is 12.5. The van der Waals surface area contributed by atoms with E-state index in [-0.39, 0.29) is 11.3 Å². The number of carbonyl (C=O) groups excluding carboxylic acids is 1. The highest BCUT2D eigenvalue weighted by molar-refractivity contribution is 6.06. The third-order valence-corrected chi connectivity index (χ3v) is 5.14. The molecule has 2 aliphatic rings. The van der Waals surface area contributed by atoms with Gasteiger partial charge in [-0.1, -0.05) is 49.6 Å². The first-order chi connectivity index (χ1) is 11.3. The number of hydrogen-bond donors (Lipinski definition) is 1. The van der Waals surface area contributed by atoms with Crippen LogP contribution in [-0.2, 0) is 16.8 Å². The van der Waals surface area contributed by atoms with E-state index in [4.69, 9.17) is 4.74 Å². The van der Waals surface area contributed by atoms with Gasteiger partial charge in [0.05, 0.1) is 5.41 Å². The van der Waals surface area contributed by atoms with Crippen molar-refractivity contribution in [2.45, 2.75) is 44.1 Å². The molecule has 0 radical (unpaired) electrons. The summed E-state index contributed by atoms with van der Waals surface area (Å²) in [6, 6.07) is 16.1. The third-order valence-electron chi connectivity index (χ3n) is 5.14. The van der Waals surface area contributed by atoms with Crippen molar-refractivity contribution >= 4 is 11.6 Å². The van der Waals surface area contributed by atoms with E-state index >= 15 is 0 Å². The van der Waals surface area contributed by atoms with Gasteiger partial charge in [0.25, 0.3) is 0 Å². The Labute approximate surface area is 136 Å². The van der Waals surface area contributed by atoms with Gasteiger partial charge in [-0.25, -0.2) is 0 Å². The minimum Gasteiger partial charge on any atom is -0.489 e. The summed E-state index contributed by atoms with van der Waals surface area (Å²) in [5.41, 5.74) is 2.92. The molecule has 23 heavy (non-hydrogen) atoms. The van der Waals surface area contributed by atoms with Gasteiger partial charge < -0.3 is 10.1 Å². The van der Waals surface area contributed by atoms with Crippen LogP contribution in [0.3, 0.4) is 0 Å². The normalized spacial score (nSPS) is 18.5. The number of benzene rings is 2. The number of fused-ring (bicyclic) bond motifs is 2. The molecular formula is C20H21NO2. The first-order valence-electron chi connectivity index (χ1n) is 8.41. The van der Waals surface area contributed by atoms with Crippen LogP contribution in [0, 0.1) is 0 Å². The van der Waals surface area contributed by atoms with Gasteiger partial charge in [0.15, 0.2) is 0 Å². The molecule has 1 N–H and O–H groups in total. The van der Waals surface area contributed by atoms with E-state index in [0.29, 0.717) is 6.61 Å². The fourth-order valence-corrected chi connectivity index (χ4v) is 3.87.